The van der Waals surface area contributed by atoms with Crippen molar-refractivity contribution in [1.29, 1.82) is 0 Å². The predicted molar refractivity (Wildman–Crippen MR) is 84.9 cm³/mol. The lowest BCUT2D eigenvalue weighted by atomic mass is 9.86. The molecule has 3 atom stereocenters. The first-order valence-electron chi connectivity index (χ1n) is 8.50. The van der Waals surface area contributed by atoms with Crippen molar-refractivity contribution >= 4 is 11.9 Å². The first-order chi connectivity index (χ1) is 12.0. The Balaban J connectivity index is 1.55. The van der Waals surface area contributed by atoms with Gasteiger partial charge in [-0.3, -0.25) is 9.59 Å². The molecule has 1 saturated carbocycles. The zero-order chi connectivity index (χ0) is 18.0. The first-order valence-corrected chi connectivity index (χ1v) is 8.50. The van der Waals surface area contributed by atoms with E-state index in [0.29, 0.717) is 32.5 Å². The highest BCUT2D eigenvalue weighted by molar-refractivity contribution is 5.83. The summed E-state index contributed by atoms with van der Waals surface area (Å²) in [5.74, 6) is -3.75. The number of halogens is 2. The summed E-state index contributed by atoms with van der Waals surface area (Å²) in [6.07, 6.45) is 1.77. The Labute approximate surface area is 144 Å². The average Bonchev–Trinajstić information content (AvgIpc) is 3.38. The van der Waals surface area contributed by atoms with Crippen molar-refractivity contribution in [3.8, 4) is 0 Å². The second kappa shape index (κ2) is 7.47. The van der Waals surface area contributed by atoms with Crippen molar-refractivity contribution in [1.82, 2.24) is 5.32 Å². The molecule has 1 aliphatic heterocycles. The maximum atomic E-state index is 13.8. The van der Waals surface area contributed by atoms with E-state index in [9.17, 15) is 23.5 Å². The monoisotopic (exact) mass is 353 g/mol. The molecule has 1 heterocycles. The van der Waals surface area contributed by atoms with Crippen LogP contribution in [0.15, 0.2) is 18.2 Å². The van der Waals surface area contributed by atoms with Crippen molar-refractivity contribution < 1.29 is 28.2 Å². The van der Waals surface area contributed by atoms with Gasteiger partial charge in [-0.15, -0.1) is 0 Å². The second-order valence-corrected chi connectivity index (χ2v) is 6.75. The summed E-state index contributed by atoms with van der Waals surface area (Å²) >= 11 is 0. The van der Waals surface area contributed by atoms with Crippen molar-refractivity contribution in [2.24, 2.45) is 17.8 Å². The Morgan fingerprint density at radius 2 is 2.00 bits per heavy atom. The van der Waals surface area contributed by atoms with Gasteiger partial charge in [0.25, 0.3) is 0 Å². The molecule has 1 aliphatic carbocycles. The molecule has 2 N–H and O–H groups in total. The minimum atomic E-state index is -0.935. The third kappa shape index (κ3) is 4.15. The van der Waals surface area contributed by atoms with Gasteiger partial charge in [0.2, 0.25) is 5.91 Å². The molecule has 1 aromatic carbocycles. The van der Waals surface area contributed by atoms with E-state index in [2.05, 4.69) is 5.32 Å². The molecule has 5 nitrogen and oxygen atoms in total. The highest BCUT2D eigenvalue weighted by Gasteiger charge is 2.45. The molecule has 1 amide bonds. The molecule has 1 aromatic rings. The normalized spacial score (nSPS) is 24.6. The van der Waals surface area contributed by atoms with Gasteiger partial charge in [-0.25, -0.2) is 8.78 Å². The van der Waals surface area contributed by atoms with Crippen molar-refractivity contribution in [2.45, 2.75) is 25.2 Å². The van der Waals surface area contributed by atoms with Crippen LogP contribution in [0.5, 0.6) is 0 Å². The lowest BCUT2D eigenvalue weighted by Gasteiger charge is -2.27. The first kappa shape index (κ1) is 17.8. The molecular weight excluding hydrogens is 332 g/mol. The van der Waals surface area contributed by atoms with Crippen molar-refractivity contribution in [3.05, 3.63) is 35.4 Å². The zero-order valence-corrected chi connectivity index (χ0v) is 13.7. The summed E-state index contributed by atoms with van der Waals surface area (Å²) in [5, 5.41) is 12.1. The highest BCUT2D eigenvalue weighted by Crippen LogP contribution is 2.48. The third-order valence-electron chi connectivity index (χ3n) is 5.13. The Hall–Kier alpha value is -2.02. The van der Waals surface area contributed by atoms with Crippen LogP contribution in [0.4, 0.5) is 8.78 Å². The number of carboxylic acid groups (broad SMARTS) is 1. The summed E-state index contributed by atoms with van der Waals surface area (Å²) in [6.45, 7) is 1.12. The number of carbonyl (C=O) groups is 2. The molecule has 3 rings (SSSR count). The number of rotatable bonds is 6. The molecule has 0 aromatic heterocycles. The number of nitrogens with one attached hydrogen (secondary N) is 1. The largest absolute Gasteiger partial charge is 0.481 e. The fourth-order valence-electron chi connectivity index (χ4n) is 3.54. The van der Waals surface area contributed by atoms with E-state index in [4.69, 9.17) is 4.74 Å². The fourth-order valence-corrected chi connectivity index (χ4v) is 3.54. The van der Waals surface area contributed by atoms with Gasteiger partial charge < -0.3 is 15.2 Å². The number of hydrogen-bond donors (Lipinski definition) is 2. The van der Waals surface area contributed by atoms with Gasteiger partial charge in [-0.1, -0.05) is 0 Å². The number of amides is 1. The summed E-state index contributed by atoms with van der Waals surface area (Å²) in [6, 6.07) is 3.22. The van der Waals surface area contributed by atoms with Gasteiger partial charge in [0, 0.05) is 25.7 Å². The summed E-state index contributed by atoms with van der Waals surface area (Å²) in [5.41, 5.74) is 0.208. The van der Waals surface area contributed by atoms with Crippen LogP contribution in [0.2, 0.25) is 0 Å². The lowest BCUT2D eigenvalue weighted by molar-refractivity contribution is -0.145. The standard InChI is InChI=1S/C18H21F2NO4/c19-11-1-2-16(20)13(7-11)12-8-14(12)17(22)21-9-15(18(23)24)10-3-5-25-6-4-10/h1-2,7,10,12,14-15H,3-6,8-9H2,(H,21,22)(H,23,24). The van der Waals surface area contributed by atoms with Crippen LogP contribution >= 0.6 is 0 Å². The fraction of sp³-hybridized carbons (Fsp3) is 0.556. The second-order valence-electron chi connectivity index (χ2n) is 6.75. The molecule has 0 radical (unpaired) electrons. The highest BCUT2D eigenvalue weighted by atomic mass is 19.1. The van der Waals surface area contributed by atoms with Crippen LogP contribution in [-0.2, 0) is 14.3 Å². The lowest BCUT2D eigenvalue weighted by Crippen LogP contribution is -2.39. The van der Waals surface area contributed by atoms with E-state index in [1.807, 2.05) is 0 Å². The van der Waals surface area contributed by atoms with E-state index in [-0.39, 0.29) is 29.9 Å². The quantitative estimate of drug-likeness (QED) is 0.823. The number of ether oxygens (including phenoxy) is 1. The molecule has 2 aliphatic rings. The summed E-state index contributed by atoms with van der Waals surface area (Å²) in [4.78, 5) is 23.7. The van der Waals surface area contributed by atoms with Gasteiger partial charge in [0.05, 0.1) is 5.92 Å². The van der Waals surface area contributed by atoms with Crippen LogP contribution in [0.1, 0.15) is 30.7 Å². The number of hydrogen-bond acceptors (Lipinski definition) is 3. The van der Waals surface area contributed by atoms with E-state index in [0.717, 1.165) is 18.2 Å². The van der Waals surface area contributed by atoms with Crippen LogP contribution < -0.4 is 5.32 Å². The van der Waals surface area contributed by atoms with Crippen LogP contribution in [0.3, 0.4) is 0 Å². The Bertz CT molecular complexity index is 660. The minimum Gasteiger partial charge on any atom is -0.481 e. The van der Waals surface area contributed by atoms with Crippen molar-refractivity contribution in [3.63, 3.8) is 0 Å². The average molecular weight is 353 g/mol. The third-order valence-corrected chi connectivity index (χ3v) is 5.13. The molecule has 25 heavy (non-hydrogen) atoms. The molecular formula is C18H21F2NO4. The van der Waals surface area contributed by atoms with Crippen molar-refractivity contribution in [2.75, 3.05) is 19.8 Å². The van der Waals surface area contributed by atoms with E-state index < -0.39 is 29.4 Å². The van der Waals surface area contributed by atoms with E-state index in [1.165, 1.54) is 0 Å². The van der Waals surface area contributed by atoms with Crippen LogP contribution in [-0.4, -0.2) is 36.7 Å². The van der Waals surface area contributed by atoms with Crippen LogP contribution in [0, 0.1) is 29.4 Å². The maximum absolute atomic E-state index is 13.8. The number of aliphatic carboxylic acids is 1. The summed E-state index contributed by atoms with van der Waals surface area (Å²) in [7, 11) is 0. The van der Waals surface area contributed by atoms with Gasteiger partial charge >= 0.3 is 5.97 Å². The van der Waals surface area contributed by atoms with Gasteiger partial charge in [0.15, 0.2) is 0 Å². The topological polar surface area (TPSA) is 75.6 Å². The molecule has 136 valence electrons. The Morgan fingerprint density at radius 1 is 1.28 bits per heavy atom. The number of carbonyl (C=O) groups excluding carboxylic acids is 1. The minimum absolute atomic E-state index is 0.0257. The van der Waals surface area contributed by atoms with Gasteiger partial charge in [0.1, 0.15) is 11.6 Å². The molecule has 0 bridgehead atoms. The molecule has 3 unspecified atom stereocenters. The van der Waals surface area contributed by atoms with E-state index >= 15 is 0 Å². The smallest absolute Gasteiger partial charge is 0.308 e. The predicted octanol–water partition coefficient (Wildman–Crippen LogP) is 2.31. The molecule has 1 saturated heterocycles. The SMILES string of the molecule is O=C(O)C(CNC(=O)C1CC1c1cc(F)ccc1F)C1CCOCC1. The maximum Gasteiger partial charge on any atom is 0.308 e. The van der Waals surface area contributed by atoms with Crippen LogP contribution in [0.25, 0.3) is 0 Å². The van der Waals surface area contributed by atoms with Gasteiger partial charge in [-0.05, 0) is 54.9 Å². The summed E-state index contributed by atoms with van der Waals surface area (Å²) < 4.78 is 32.3. The molecule has 2 fully saturated rings. The number of carboxylic acids is 1. The Morgan fingerprint density at radius 3 is 2.68 bits per heavy atom. The molecule has 7 heteroatoms. The number of benzene rings is 1. The van der Waals surface area contributed by atoms with E-state index in [1.54, 1.807) is 0 Å². The Kier molecular flexibility index (Phi) is 5.32. The van der Waals surface area contributed by atoms with Gasteiger partial charge in [-0.2, -0.15) is 0 Å². The zero-order valence-electron chi connectivity index (χ0n) is 13.7. The molecule has 0 spiro atoms.